The molecular weight excluding hydrogens is 216 g/mol. The molecule has 0 unspecified atom stereocenters. The Bertz CT molecular complexity index is 468. The molecule has 1 aliphatic heterocycles. The maximum absolute atomic E-state index is 12.2. The van der Waals surface area contributed by atoms with Crippen LogP contribution >= 0.6 is 0 Å². The monoisotopic (exact) mass is 232 g/mol. The first-order valence-electron chi connectivity index (χ1n) is 5.87. The van der Waals surface area contributed by atoms with Gasteiger partial charge in [0.15, 0.2) is 0 Å². The maximum atomic E-state index is 12.2. The van der Waals surface area contributed by atoms with Crippen molar-refractivity contribution in [1.82, 2.24) is 4.90 Å². The summed E-state index contributed by atoms with van der Waals surface area (Å²) < 4.78 is 0. The Hall–Kier alpha value is -1.84. The molecule has 2 amide bonds. The number of nitrogens with one attached hydrogen (secondary N) is 1. The van der Waals surface area contributed by atoms with E-state index in [4.69, 9.17) is 0 Å². The molecule has 4 nitrogen and oxygen atoms in total. The summed E-state index contributed by atoms with van der Waals surface area (Å²) in [5.41, 5.74) is 1.74. The van der Waals surface area contributed by atoms with Gasteiger partial charge in [-0.1, -0.05) is 19.4 Å². The molecule has 17 heavy (non-hydrogen) atoms. The number of carbonyl (C=O) groups is 2. The molecular formula is C13H16N2O2. The third-order valence-electron chi connectivity index (χ3n) is 3.00. The number of anilines is 1. The number of hydrogen-bond donors (Lipinski definition) is 1. The molecule has 0 saturated carbocycles. The molecule has 0 atom stereocenters. The van der Waals surface area contributed by atoms with Gasteiger partial charge in [-0.05, 0) is 18.6 Å². The number of unbranched alkanes of at least 4 members (excludes halogenated alkanes) is 1. The van der Waals surface area contributed by atoms with Crippen LogP contribution in [0, 0.1) is 0 Å². The summed E-state index contributed by atoms with van der Waals surface area (Å²) in [6, 6.07) is 5.31. The molecule has 1 aromatic rings. The summed E-state index contributed by atoms with van der Waals surface area (Å²) in [5.74, 6) is -0.348. The first-order valence-corrected chi connectivity index (χ1v) is 5.87. The lowest BCUT2D eigenvalue weighted by atomic mass is 10.1. The molecule has 0 aromatic heterocycles. The molecule has 0 spiro atoms. The van der Waals surface area contributed by atoms with E-state index in [0.717, 1.165) is 18.5 Å². The zero-order valence-corrected chi connectivity index (χ0v) is 10.1. The summed E-state index contributed by atoms with van der Waals surface area (Å²) in [4.78, 5) is 25.6. The van der Waals surface area contributed by atoms with Crippen LogP contribution in [0.3, 0.4) is 0 Å². The van der Waals surface area contributed by atoms with Gasteiger partial charge < -0.3 is 5.32 Å². The average Bonchev–Trinajstić information content (AvgIpc) is 2.60. The highest BCUT2D eigenvalue weighted by molar-refractivity contribution is 6.23. The normalized spacial score (nSPS) is 14.1. The molecule has 0 radical (unpaired) electrons. The Labute approximate surface area is 101 Å². The fourth-order valence-electron chi connectivity index (χ4n) is 2.06. The SMILES string of the molecule is CCCCN1C(=O)c2cccc(NC)c2C1=O. The van der Waals surface area contributed by atoms with Crippen molar-refractivity contribution in [2.75, 3.05) is 18.9 Å². The maximum Gasteiger partial charge on any atom is 0.263 e. The van der Waals surface area contributed by atoms with E-state index in [1.807, 2.05) is 13.0 Å². The molecule has 1 aromatic carbocycles. The van der Waals surface area contributed by atoms with E-state index in [1.165, 1.54) is 4.90 Å². The first kappa shape index (κ1) is 11.6. The fourth-order valence-corrected chi connectivity index (χ4v) is 2.06. The van der Waals surface area contributed by atoms with Crippen molar-refractivity contribution in [1.29, 1.82) is 0 Å². The number of fused-ring (bicyclic) bond motifs is 1. The Morgan fingerprint density at radius 2 is 2.00 bits per heavy atom. The highest BCUT2D eigenvalue weighted by atomic mass is 16.2. The van der Waals surface area contributed by atoms with Crippen molar-refractivity contribution in [2.45, 2.75) is 19.8 Å². The molecule has 1 heterocycles. The van der Waals surface area contributed by atoms with E-state index >= 15 is 0 Å². The van der Waals surface area contributed by atoms with Crippen LogP contribution < -0.4 is 5.32 Å². The van der Waals surface area contributed by atoms with E-state index < -0.39 is 0 Å². The number of hydrogen-bond acceptors (Lipinski definition) is 3. The predicted octanol–water partition coefficient (Wildman–Crippen LogP) is 2.12. The largest absolute Gasteiger partial charge is 0.387 e. The van der Waals surface area contributed by atoms with Crippen LogP contribution in [-0.4, -0.2) is 30.3 Å². The Morgan fingerprint density at radius 3 is 2.65 bits per heavy atom. The van der Waals surface area contributed by atoms with Crippen molar-refractivity contribution in [3.8, 4) is 0 Å². The van der Waals surface area contributed by atoms with Gasteiger partial charge in [0.2, 0.25) is 0 Å². The van der Waals surface area contributed by atoms with Crippen LogP contribution in [0.5, 0.6) is 0 Å². The molecule has 1 N–H and O–H groups in total. The topological polar surface area (TPSA) is 49.4 Å². The standard InChI is InChI=1S/C13H16N2O2/c1-3-4-8-15-12(16)9-6-5-7-10(14-2)11(9)13(15)17/h5-7,14H,3-4,8H2,1-2H3. The molecule has 4 heteroatoms. The van der Waals surface area contributed by atoms with E-state index in [9.17, 15) is 9.59 Å². The minimum atomic E-state index is -0.177. The van der Waals surface area contributed by atoms with Gasteiger partial charge in [-0.25, -0.2) is 0 Å². The Balaban J connectivity index is 2.38. The van der Waals surface area contributed by atoms with Gasteiger partial charge in [0, 0.05) is 19.3 Å². The molecule has 0 saturated heterocycles. The minimum Gasteiger partial charge on any atom is -0.387 e. The summed E-state index contributed by atoms with van der Waals surface area (Å²) in [7, 11) is 1.75. The zero-order valence-electron chi connectivity index (χ0n) is 10.1. The van der Waals surface area contributed by atoms with Crippen LogP contribution in [0.4, 0.5) is 5.69 Å². The van der Waals surface area contributed by atoms with Crippen molar-refractivity contribution in [3.63, 3.8) is 0 Å². The van der Waals surface area contributed by atoms with Gasteiger partial charge in [0.05, 0.1) is 11.1 Å². The lowest BCUT2D eigenvalue weighted by Crippen LogP contribution is -2.30. The van der Waals surface area contributed by atoms with Gasteiger partial charge >= 0.3 is 0 Å². The van der Waals surface area contributed by atoms with Crippen LogP contribution in [0.15, 0.2) is 18.2 Å². The quantitative estimate of drug-likeness (QED) is 0.809. The summed E-state index contributed by atoms with van der Waals surface area (Å²) in [6.45, 7) is 2.54. The third kappa shape index (κ3) is 1.79. The molecule has 0 bridgehead atoms. The lowest BCUT2D eigenvalue weighted by Gasteiger charge is -2.12. The molecule has 2 rings (SSSR count). The van der Waals surface area contributed by atoms with Gasteiger partial charge in [-0.2, -0.15) is 0 Å². The summed E-state index contributed by atoms with van der Waals surface area (Å²) >= 11 is 0. The second-order valence-electron chi connectivity index (χ2n) is 4.09. The minimum absolute atomic E-state index is 0.171. The number of carbonyl (C=O) groups excluding carboxylic acids is 2. The second kappa shape index (κ2) is 4.57. The van der Waals surface area contributed by atoms with Crippen molar-refractivity contribution >= 4 is 17.5 Å². The number of rotatable bonds is 4. The highest BCUT2D eigenvalue weighted by Crippen LogP contribution is 2.29. The zero-order chi connectivity index (χ0) is 12.4. The average molecular weight is 232 g/mol. The van der Waals surface area contributed by atoms with E-state index in [-0.39, 0.29) is 11.8 Å². The van der Waals surface area contributed by atoms with Crippen LogP contribution in [0.1, 0.15) is 40.5 Å². The van der Waals surface area contributed by atoms with Crippen LogP contribution in [0.25, 0.3) is 0 Å². The van der Waals surface area contributed by atoms with E-state index in [0.29, 0.717) is 17.7 Å². The van der Waals surface area contributed by atoms with Crippen molar-refractivity contribution in [3.05, 3.63) is 29.3 Å². The lowest BCUT2D eigenvalue weighted by molar-refractivity contribution is 0.0652. The smallest absolute Gasteiger partial charge is 0.263 e. The van der Waals surface area contributed by atoms with Crippen molar-refractivity contribution in [2.24, 2.45) is 0 Å². The van der Waals surface area contributed by atoms with E-state index in [1.54, 1.807) is 19.2 Å². The van der Waals surface area contributed by atoms with Crippen LogP contribution in [0.2, 0.25) is 0 Å². The Morgan fingerprint density at radius 1 is 1.24 bits per heavy atom. The van der Waals surface area contributed by atoms with Gasteiger partial charge in [-0.15, -0.1) is 0 Å². The molecule has 90 valence electrons. The molecule has 0 aliphatic carbocycles. The number of nitrogens with zero attached hydrogens (tertiary/aromatic N) is 1. The number of amides is 2. The number of imide groups is 1. The predicted molar refractivity (Wildman–Crippen MR) is 66.3 cm³/mol. The highest BCUT2D eigenvalue weighted by Gasteiger charge is 2.36. The summed E-state index contributed by atoms with van der Waals surface area (Å²) in [6.07, 6.45) is 1.81. The van der Waals surface area contributed by atoms with Crippen LogP contribution in [-0.2, 0) is 0 Å². The van der Waals surface area contributed by atoms with E-state index in [2.05, 4.69) is 5.32 Å². The summed E-state index contributed by atoms with van der Waals surface area (Å²) in [5, 5.41) is 2.96. The second-order valence-corrected chi connectivity index (χ2v) is 4.09. The Kier molecular flexibility index (Phi) is 3.13. The first-order chi connectivity index (χ1) is 8.20. The number of benzene rings is 1. The van der Waals surface area contributed by atoms with Gasteiger partial charge in [0.1, 0.15) is 0 Å². The fraction of sp³-hybridized carbons (Fsp3) is 0.385. The van der Waals surface area contributed by atoms with Crippen molar-refractivity contribution < 1.29 is 9.59 Å². The van der Waals surface area contributed by atoms with Gasteiger partial charge in [-0.3, -0.25) is 14.5 Å². The third-order valence-corrected chi connectivity index (χ3v) is 3.00. The molecule has 0 fully saturated rings. The molecule has 1 aliphatic rings. The van der Waals surface area contributed by atoms with Gasteiger partial charge in [0.25, 0.3) is 11.8 Å².